The molecule has 3 N–H and O–H groups in total. The highest BCUT2D eigenvalue weighted by atomic mass is 19.4. The molecule has 1 fully saturated rings. The van der Waals surface area contributed by atoms with Gasteiger partial charge in [-0.25, -0.2) is 4.99 Å². The molecule has 140 valence electrons. The van der Waals surface area contributed by atoms with Gasteiger partial charge in [0.25, 0.3) is 0 Å². The molecule has 0 aromatic heterocycles. The normalized spacial score (nSPS) is 21.9. The number of hydrogen-bond donors (Lipinski definition) is 3. The zero-order chi connectivity index (χ0) is 18.3. The van der Waals surface area contributed by atoms with Crippen LogP contribution in [0.25, 0.3) is 0 Å². The van der Waals surface area contributed by atoms with Crippen molar-refractivity contribution >= 4 is 5.96 Å². The number of rotatable bonds is 5. The van der Waals surface area contributed by atoms with Crippen LogP contribution in [0.2, 0.25) is 0 Å². The summed E-state index contributed by atoms with van der Waals surface area (Å²) in [5.74, 6) is -0.722. The number of aliphatic hydroxyl groups is 1. The van der Waals surface area contributed by atoms with Gasteiger partial charge in [-0.2, -0.15) is 13.2 Å². The molecule has 0 aliphatic heterocycles. The Balaban J connectivity index is 2.02. The van der Waals surface area contributed by atoms with Crippen LogP contribution in [0, 0.1) is 5.92 Å². The van der Waals surface area contributed by atoms with Crippen molar-refractivity contribution in [2.45, 2.75) is 58.0 Å². The molecule has 1 aliphatic carbocycles. The molecule has 2 atom stereocenters. The highest BCUT2D eigenvalue weighted by molar-refractivity contribution is 5.80. The van der Waals surface area contributed by atoms with Crippen LogP contribution in [-0.2, 0) is 13.2 Å². The fraction of sp³-hybridized carbons (Fsp3) is 0.611. The molecule has 0 saturated heterocycles. The first-order valence-electron chi connectivity index (χ1n) is 8.73. The van der Waals surface area contributed by atoms with Crippen LogP contribution in [0.3, 0.4) is 0 Å². The summed E-state index contributed by atoms with van der Waals surface area (Å²) in [6, 6.07) is 7.21. The maximum Gasteiger partial charge on any atom is 0.391 e. The molecular formula is C18H26F3N3O. The van der Waals surface area contributed by atoms with E-state index < -0.39 is 12.1 Å². The van der Waals surface area contributed by atoms with Crippen LogP contribution in [-0.4, -0.2) is 29.8 Å². The third kappa shape index (κ3) is 5.92. The van der Waals surface area contributed by atoms with E-state index in [9.17, 15) is 18.3 Å². The van der Waals surface area contributed by atoms with E-state index in [1.54, 1.807) is 0 Å². The average molecular weight is 357 g/mol. The molecule has 1 saturated carbocycles. The number of alkyl halides is 3. The van der Waals surface area contributed by atoms with Crippen LogP contribution in [0.4, 0.5) is 13.2 Å². The van der Waals surface area contributed by atoms with E-state index in [1.807, 2.05) is 31.2 Å². The largest absolute Gasteiger partial charge is 0.392 e. The Hall–Kier alpha value is -1.76. The summed E-state index contributed by atoms with van der Waals surface area (Å²) in [6.07, 6.45) is -2.56. The highest BCUT2D eigenvalue weighted by Crippen LogP contribution is 2.37. The number of aliphatic hydroxyl groups excluding tert-OH is 1. The van der Waals surface area contributed by atoms with E-state index >= 15 is 0 Å². The number of guanidine groups is 1. The van der Waals surface area contributed by atoms with Crippen molar-refractivity contribution in [2.24, 2.45) is 10.9 Å². The maximum absolute atomic E-state index is 13.0. The summed E-state index contributed by atoms with van der Waals surface area (Å²) in [5, 5.41) is 15.6. The topological polar surface area (TPSA) is 56.7 Å². The molecule has 0 radical (unpaired) electrons. The lowest BCUT2D eigenvalue weighted by Gasteiger charge is -2.32. The third-order valence-electron chi connectivity index (χ3n) is 4.52. The molecule has 1 aliphatic rings. The summed E-state index contributed by atoms with van der Waals surface area (Å²) in [7, 11) is 0. The summed E-state index contributed by atoms with van der Waals surface area (Å²) in [6.45, 7) is 2.84. The molecule has 2 unspecified atom stereocenters. The number of hydrogen-bond acceptors (Lipinski definition) is 2. The number of nitrogens with one attached hydrogen (secondary N) is 2. The minimum Gasteiger partial charge on any atom is -0.392 e. The van der Waals surface area contributed by atoms with Crippen LogP contribution in [0.15, 0.2) is 29.3 Å². The average Bonchev–Trinajstić information content (AvgIpc) is 2.59. The first-order valence-corrected chi connectivity index (χ1v) is 8.73. The second-order valence-electron chi connectivity index (χ2n) is 6.37. The molecule has 0 spiro atoms. The summed E-state index contributed by atoms with van der Waals surface area (Å²) in [4.78, 5) is 4.48. The molecule has 0 amide bonds. The van der Waals surface area contributed by atoms with Gasteiger partial charge in [-0.15, -0.1) is 0 Å². The summed E-state index contributed by atoms with van der Waals surface area (Å²) < 4.78 is 38.9. The standard InChI is InChI=1S/C18H26F3N3O/c1-2-22-17(23-11-13-6-3-4-7-14(13)12-25)24-16-9-5-8-15(10-16)18(19,20)21/h3-4,6-7,15-16,25H,2,5,8-12H2,1H3,(H2,22,23,24). The van der Waals surface area contributed by atoms with Gasteiger partial charge in [0.2, 0.25) is 0 Å². The van der Waals surface area contributed by atoms with Crippen molar-refractivity contribution in [3.05, 3.63) is 35.4 Å². The Morgan fingerprint density at radius 3 is 2.60 bits per heavy atom. The second kappa shape index (κ2) is 9.08. The van der Waals surface area contributed by atoms with E-state index in [4.69, 9.17) is 0 Å². The molecule has 7 heteroatoms. The number of benzene rings is 1. The third-order valence-corrected chi connectivity index (χ3v) is 4.52. The van der Waals surface area contributed by atoms with Crippen molar-refractivity contribution in [2.75, 3.05) is 6.54 Å². The Labute approximate surface area is 146 Å². The van der Waals surface area contributed by atoms with Crippen molar-refractivity contribution in [3.63, 3.8) is 0 Å². The summed E-state index contributed by atoms with van der Waals surface area (Å²) >= 11 is 0. The van der Waals surface area contributed by atoms with Gasteiger partial charge in [-0.05, 0) is 37.3 Å². The number of halogens is 3. The minimum absolute atomic E-state index is 0.0639. The highest BCUT2D eigenvalue weighted by Gasteiger charge is 2.42. The second-order valence-corrected chi connectivity index (χ2v) is 6.37. The summed E-state index contributed by atoms with van der Waals surface area (Å²) in [5.41, 5.74) is 1.70. The molecule has 0 heterocycles. The van der Waals surface area contributed by atoms with Gasteiger partial charge in [0, 0.05) is 12.6 Å². The van der Waals surface area contributed by atoms with E-state index in [-0.39, 0.29) is 25.5 Å². The fourth-order valence-electron chi connectivity index (χ4n) is 3.16. The van der Waals surface area contributed by atoms with Gasteiger partial charge in [0.05, 0.1) is 19.1 Å². The molecule has 25 heavy (non-hydrogen) atoms. The Morgan fingerprint density at radius 2 is 1.96 bits per heavy atom. The zero-order valence-electron chi connectivity index (χ0n) is 14.4. The van der Waals surface area contributed by atoms with Gasteiger partial charge in [0.15, 0.2) is 5.96 Å². The van der Waals surface area contributed by atoms with E-state index in [1.165, 1.54) is 0 Å². The minimum atomic E-state index is -4.13. The van der Waals surface area contributed by atoms with Crippen LogP contribution >= 0.6 is 0 Å². The van der Waals surface area contributed by atoms with Gasteiger partial charge in [0.1, 0.15) is 0 Å². The molecule has 0 bridgehead atoms. The Bertz CT molecular complexity index is 575. The van der Waals surface area contributed by atoms with Crippen LogP contribution < -0.4 is 10.6 Å². The van der Waals surface area contributed by atoms with E-state index in [0.29, 0.717) is 31.9 Å². The van der Waals surface area contributed by atoms with Gasteiger partial charge in [-0.3, -0.25) is 0 Å². The lowest BCUT2D eigenvalue weighted by Crippen LogP contribution is -2.46. The van der Waals surface area contributed by atoms with Crippen molar-refractivity contribution in [1.29, 1.82) is 0 Å². The first kappa shape index (κ1) is 19.6. The molecule has 1 aromatic rings. The van der Waals surface area contributed by atoms with Crippen molar-refractivity contribution < 1.29 is 18.3 Å². The molecule has 1 aromatic carbocycles. The monoisotopic (exact) mass is 357 g/mol. The van der Waals surface area contributed by atoms with Gasteiger partial charge < -0.3 is 15.7 Å². The Kier molecular flexibility index (Phi) is 7.11. The quantitative estimate of drug-likeness (QED) is 0.559. The van der Waals surface area contributed by atoms with Crippen molar-refractivity contribution in [1.82, 2.24) is 10.6 Å². The molecule has 4 nitrogen and oxygen atoms in total. The van der Waals surface area contributed by atoms with E-state index in [0.717, 1.165) is 11.1 Å². The molecule has 2 rings (SSSR count). The van der Waals surface area contributed by atoms with Crippen LogP contribution in [0.1, 0.15) is 43.7 Å². The number of nitrogens with zero attached hydrogens (tertiary/aromatic N) is 1. The van der Waals surface area contributed by atoms with E-state index in [2.05, 4.69) is 15.6 Å². The lowest BCUT2D eigenvalue weighted by molar-refractivity contribution is -0.183. The predicted octanol–water partition coefficient (Wildman–Crippen LogP) is 3.36. The SMILES string of the molecule is CCNC(=NCc1ccccc1CO)NC1CCCC(C(F)(F)F)C1. The van der Waals surface area contributed by atoms with Crippen LogP contribution in [0.5, 0.6) is 0 Å². The smallest absolute Gasteiger partial charge is 0.391 e. The maximum atomic E-state index is 13.0. The lowest BCUT2D eigenvalue weighted by atomic mass is 9.85. The fourth-order valence-corrected chi connectivity index (χ4v) is 3.16. The molecular weight excluding hydrogens is 331 g/mol. The zero-order valence-corrected chi connectivity index (χ0v) is 14.4. The van der Waals surface area contributed by atoms with Crippen molar-refractivity contribution in [3.8, 4) is 0 Å². The van der Waals surface area contributed by atoms with Gasteiger partial charge in [-0.1, -0.05) is 30.7 Å². The first-order chi connectivity index (χ1) is 11.9. The predicted molar refractivity (Wildman–Crippen MR) is 92.1 cm³/mol. The number of aliphatic imine (C=N–C) groups is 1. The van der Waals surface area contributed by atoms with Gasteiger partial charge >= 0.3 is 6.18 Å². The Morgan fingerprint density at radius 1 is 1.24 bits per heavy atom.